The third-order valence-electron chi connectivity index (χ3n) is 5.66. The van der Waals surface area contributed by atoms with Crippen LogP contribution in [0.3, 0.4) is 0 Å². The second kappa shape index (κ2) is 5.98. The summed E-state index contributed by atoms with van der Waals surface area (Å²) in [5.41, 5.74) is 0.281. The fourth-order valence-electron chi connectivity index (χ4n) is 5.45. The predicted molar refractivity (Wildman–Crippen MR) is 79.5 cm³/mol. The van der Waals surface area contributed by atoms with Crippen molar-refractivity contribution in [3.8, 4) is 0 Å². The molecule has 1 amide bonds. The molecule has 4 bridgehead atoms. The van der Waals surface area contributed by atoms with Gasteiger partial charge in [-0.2, -0.15) is 0 Å². The highest BCUT2D eigenvalue weighted by Crippen LogP contribution is 2.61. The van der Waals surface area contributed by atoms with Crippen LogP contribution in [0.15, 0.2) is 0 Å². The molecule has 4 aliphatic carbocycles. The standard InChI is InChI=1S/C17H27NO3/c1-2-21-16(20)3-4-18-15(19)11-17-8-12-5-13(9-17)7-14(6-12)10-17/h12-14H,2-11H2,1H3,(H,18,19). The second-order valence-electron chi connectivity index (χ2n) is 7.50. The molecule has 0 aromatic rings. The van der Waals surface area contributed by atoms with Gasteiger partial charge in [-0.3, -0.25) is 9.59 Å². The molecule has 0 unspecified atom stereocenters. The molecule has 0 atom stereocenters. The number of rotatable bonds is 6. The molecular formula is C17H27NO3. The number of nitrogens with one attached hydrogen (secondary N) is 1. The van der Waals surface area contributed by atoms with Gasteiger partial charge in [-0.05, 0) is 68.6 Å². The van der Waals surface area contributed by atoms with E-state index in [1.807, 2.05) is 0 Å². The minimum atomic E-state index is -0.229. The molecule has 0 heterocycles. The van der Waals surface area contributed by atoms with Crippen molar-refractivity contribution in [1.82, 2.24) is 5.32 Å². The van der Waals surface area contributed by atoms with Gasteiger partial charge in [0.15, 0.2) is 0 Å². The Hall–Kier alpha value is -1.06. The molecule has 0 saturated heterocycles. The van der Waals surface area contributed by atoms with Gasteiger partial charge in [0, 0.05) is 13.0 Å². The number of esters is 1. The zero-order valence-corrected chi connectivity index (χ0v) is 13.0. The summed E-state index contributed by atoms with van der Waals surface area (Å²) in [5.74, 6) is 2.53. The third-order valence-corrected chi connectivity index (χ3v) is 5.66. The van der Waals surface area contributed by atoms with Crippen LogP contribution in [-0.2, 0) is 14.3 Å². The molecule has 118 valence electrons. The number of hydrogen-bond donors (Lipinski definition) is 1. The van der Waals surface area contributed by atoms with Crippen molar-refractivity contribution in [3.63, 3.8) is 0 Å². The Morgan fingerprint density at radius 3 is 2.19 bits per heavy atom. The monoisotopic (exact) mass is 293 g/mol. The number of carbonyl (C=O) groups is 2. The van der Waals surface area contributed by atoms with Crippen molar-refractivity contribution < 1.29 is 14.3 Å². The van der Waals surface area contributed by atoms with Gasteiger partial charge in [0.25, 0.3) is 0 Å². The molecule has 0 radical (unpaired) electrons. The molecule has 4 nitrogen and oxygen atoms in total. The molecule has 4 saturated carbocycles. The molecule has 0 aliphatic heterocycles. The Morgan fingerprint density at radius 2 is 1.67 bits per heavy atom. The van der Waals surface area contributed by atoms with E-state index in [1.165, 1.54) is 38.5 Å². The van der Waals surface area contributed by atoms with E-state index >= 15 is 0 Å². The Bertz CT molecular complexity index is 383. The van der Waals surface area contributed by atoms with Crippen LogP contribution in [0, 0.1) is 23.2 Å². The lowest BCUT2D eigenvalue weighted by molar-refractivity contribution is -0.143. The lowest BCUT2D eigenvalue weighted by Gasteiger charge is -2.56. The molecule has 0 aromatic heterocycles. The third kappa shape index (κ3) is 3.41. The van der Waals surface area contributed by atoms with Crippen molar-refractivity contribution in [3.05, 3.63) is 0 Å². The lowest BCUT2D eigenvalue weighted by atomic mass is 9.49. The summed E-state index contributed by atoms with van der Waals surface area (Å²) in [6.45, 7) is 2.60. The SMILES string of the molecule is CCOC(=O)CCNC(=O)CC12CC3CC(CC(C3)C1)C2. The molecule has 1 N–H and O–H groups in total. The van der Waals surface area contributed by atoms with E-state index in [0.29, 0.717) is 19.6 Å². The largest absolute Gasteiger partial charge is 0.466 e. The first-order valence-electron chi connectivity index (χ1n) is 8.51. The van der Waals surface area contributed by atoms with Crippen LogP contribution < -0.4 is 5.32 Å². The number of carbonyl (C=O) groups excluding carboxylic acids is 2. The normalized spacial score (nSPS) is 36.5. The summed E-state index contributed by atoms with van der Waals surface area (Å²) in [7, 11) is 0. The van der Waals surface area contributed by atoms with Crippen LogP contribution in [0.2, 0.25) is 0 Å². The molecule has 4 aliphatic rings. The van der Waals surface area contributed by atoms with Crippen molar-refractivity contribution in [2.24, 2.45) is 23.2 Å². The summed E-state index contributed by atoms with van der Waals surface area (Å²) in [6.07, 6.45) is 8.93. The molecule has 0 spiro atoms. The van der Waals surface area contributed by atoms with Crippen LogP contribution in [0.25, 0.3) is 0 Å². The topological polar surface area (TPSA) is 55.4 Å². The first-order chi connectivity index (χ1) is 10.1. The molecule has 4 heteroatoms. The van der Waals surface area contributed by atoms with Gasteiger partial charge in [-0.1, -0.05) is 0 Å². The fourth-order valence-corrected chi connectivity index (χ4v) is 5.45. The van der Waals surface area contributed by atoms with E-state index in [9.17, 15) is 9.59 Å². The minimum absolute atomic E-state index is 0.126. The first kappa shape index (κ1) is 14.9. The summed E-state index contributed by atoms with van der Waals surface area (Å²) < 4.78 is 4.87. The second-order valence-corrected chi connectivity index (χ2v) is 7.50. The molecule has 4 rings (SSSR count). The van der Waals surface area contributed by atoms with Gasteiger partial charge < -0.3 is 10.1 Å². The zero-order valence-electron chi connectivity index (χ0n) is 13.0. The van der Waals surface area contributed by atoms with Crippen molar-refractivity contribution in [2.45, 2.75) is 58.3 Å². The minimum Gasteiger partial charge on any atom is -0.466 e. The van der Waals surface area contributed by atoms with Crippen molar-refractivity contribution >= 4 is 11.9 Å². The molecule has 0 aromatic carbocycles. The van der Waals surface area contributed by atoms with Gasteiger partial charge in [0.05, 0.1) is 13.0 Å². The summed E-state index contributed by atoms with van der Waals surface area (Å²) in [5, 5.41) is 2.91. The van der Waals surface area contributed by atoms with Crippen LogP contribution in [0.4, 0.5) is 0 Å². The summed E-state index contributed by atoms with van der Waals surface area (Å²) in [4.78, 5) is 23.5. The Labute approximate surface area is 127 Å². The van der Waals surface area contributed by atoms with E-state index in [1.54, 1.807) is 6.92 Å². The highest BCUT2D eigenvalue weighted by atomic mass is 16.5. The lowest BCUT2D eigenvalue weighted by Crippen LogP contribution is -2.48. The maximum atomic E-state index is 12.2. The number of amides is 1. The maximum absolute atomic E-state index is 12.2. The van der Waals surface area contributed by atoms with Gasteiger partial charge in [-0.15, -0.1) is 0 Å². The average Bonchev–Trinajstić information content (AvgIpc) is 2.36. The van der Waals surface area contributed by atoms with E-state index in [4.69, 9.17) is 4.74 Å². The average molecular weight is 293 g/mol. The maximum Gasteiger partial charge on any atom is 0.307 e. The predicted octanol–water partition coefficient (Wildman–Crippen LogP) is 2.66. The highest BCUT2D eigenvalue weighted by molar-refractivity contribution is 5.77. The Morgan fingerprint density at radius 1 is 1.10 bits per heavy atom. The van der Waals surface area contributed by atoms with Gasteiger partial charge >= 0.3 is 5.97 Å². The van der Waals surface area contributed by atoms with Gasteiger partial charge in [0.2, 0.25) is 5.91 Å². The molecule has 4 fully saturated rings. The van der Waals surface area contributed by atoms with Gasteiger partial charge in [0.1, 0.15) is 0 Å². The Kier molecular flexibility index (Phi) is 4.23. The molecule has 21 heavy (non-hydrogen) atoms. The number of hydrogen-bond acceptors (Lipinski definition) is 3. The van der Waals surface area contributed by atoms with Crippen LogP contribution in [-0.4, -0.2) is 25.0 Å². The van der Waals surface area contributed by atoms with Crippen LogP contribution >= 0.6 is 0 Å². The zero-order chi connectivity index (χ0) is 14.9. The first-order valence-corrected chi connectivity index (χ1v) is 8.51. The summed E-state index contributed by atoms with van der Waals surface area (Å²) >= 11 is 0. The number of ether oxygens (including phenoxy) is 1. The quantitative estimate of drug-likeness (QED) is 0.766. The van der Waals surface area contributed by atoms with Crippen LogP contribution in [0.5, 0.6) is 0 Å². The highest BCUT2D eigenvalue weighted by Gasteiger charge is 2.51. The van der Waals surface area contributed by atoms with Gasteiger partial charge in [-0.25, -0.2) is 0 Å². The molecular weight excluding hydrogens is 266 g/mol. The van der Waals surface area contributed by atoms with E-state index in [-0.39, 0.29) is 23.7 Å². The van der Waals surface area contributed by atoms with Crippen molar-refractivity contribution in [2.75, 3.05) is 13.2 Å². The van der Waals surface area contributed by atoms with E-state index in [2.05, 4.69) is 5.32 Å². The van der Waals surface area contributed by atoms with Crippen molar-refractivity contribution in [1.29, 1.82) is 0 Å². The summed E-state index contributed by atoms with van der Waals surface area (Å²) in [6, 6.07) is 0. The fraction of sp³-hybridized carbons (Fsp3) is 0.882. The van der Waals surface area contributed by atoms with E-state index in [0.717, 1.165) is 17.8 Å². The smallest absolute Gasteiger partial charge is 0.307 e. The van der Waals surface area contributed by atoms with E-state index < -0.39 is 0 Å². The van der Waals surface area contributed by atoms with Crippen LogP contribution in [0.1, 0.15) is 58.3 Å². The Balaban J connectivity index is 1.46.